The first-order valence-corrected chi connectivity index (χ1v) is 5.43. The molecule has 0 heterocycles. The molecule has 0 atom stereocenters. The van der Waals surface area contributed by atoms with Crippen LogP contribution in [0.3, 0.4) is 0 Å². The van der Waals surface area contributed by atoms with Gasteiger partial charge in [0.25, 0.3) is 10.1 Å². The van der Waals surface area contributed by atoms with Crippen molar-refractivity contribution in [1.82, 2.24) is 5.48 Å². The van der Waals surface area contributed by atoms with E-state index in [-0.39, 0.29) is 18.6 Å². The Morgan fingerprint density at radius 2 is 1.93 bits per heavy atom. The molecule has 0 saturated carbocycles. The van der Waals surface area contributed by atoms with Gasteiger partial charge in [-0.2, -0.15) is 8.42 Å². The molecule has 0 saturated heterocycles. The Morgan fingerprint density at radius 1 is 1.36 bits per heavy atom. The van der Waals surface area contributed by atoms with E-state index in [1.165, 1.54) is 6.92 Å². The minimum Gasteiger partial charge on any atom is -0.370 e. The van der Waals surface area contributed by atoms with Crippen molar-refractivity contribution < 1.29 is 22.3 Å². The highest BCUT2D eigenvalue weighted by Crippen LogP contribution is 1.91. The molecule has 0 fully saturated rings. The summed E-state index contributed by atoms with van der Waals surface area (Å²) < 4.78 is 25.5. The summed E-state index contributed by atoms with van der Waals surface area (Å²) in [6.07, 6.45) is -0.351. The highest BCUT2D eigenvalue weighted by Gasteiger charge is 2.10. The minimum absolute atomic E-state index is 0.151. The topological polar surface area (TPSA) is 116 Å². The van der Waals surface area contributed by atoms with Gasteiger partial charge in [0.05, 0.1) is 5.75 Å². The number of primary amides is 1. The average Bonchev–Trinajstić information content (AvgIpc) is 2.11. The largest absolute Gasteiger partial charge is 0.370 e. The zero-order chi connectivity index (χ0) is 11.2. The third kappa shape index (κ3) is 6.38. The number of nitrogens with two attached hydrogens (primary N) is 1. The zero-order valence-electron chi connectivity index (χ0n) is 7.65. The fourth-order valence-electron chi connectivity index (χ4n) is 0.457. The second-order valence-corrected chi connectivity index (χ2v) is 4.28. The van der Waals surface area contributed by atoms with Gasteiger partial charge in [-0.05, 0) is 6.92 Å². The van der Waals surface area contributed by atoms with Gasteiger partial charge in [-0.3, -0.25) is 9.59 Å². The molecule has 82 valence electrons. The van der Waals surface area contributed by atoms with E-state index in [0.29, 0.717) is 0 Å². The summed E-state index contributed by atoms with van der Waals surface area (Å²) in [6.45, 7) is 1.37. The second-order valence-electron chi connectivity index (χ2n) is 2.42. The molecular weight excluding hydrogens is 212 g/mol. The van der Waals surface area contributed by atoms with Crippen molar-refractivity contribution in [2.45, 2.75) is 19.8 Å². The first kappa shape index (κ1) is 12.8. The molecule has 0 bridgehead atoms. The Labute approximate surface area is 81.7 Å². The van der Waals surface area contributed by atoms with Gasteiger partial charge >= 0.3 is 0 Å². The van der Waals surface area contributed by atoms with E-state index in [9.17, 15) is 18.0 Å². The Balaban J connectivity index is 3.81. The summed E-state index contributed by atoms with van der Waals surface area (Å²) >= 11 is 0. The van der Waals surface area contributed by atoms with E-state index in [4.69, 9.17) is 5.73 Å². The highest BCUT2D eigenvalue weighted by atomic mass is 32.2. The molecule has 7 nitrogen and oxygen atoms in total. The molecule has 0 aromatic rings. The molecule has 0 aromatic carbocycles. The summed E-state index contributed by atoms with van der Waals surface area (Å²) in [5.74, 6) is -1.59. The van der Waals surface area contributed by atoms with Crippen LogP contribution in [0.15, 0.2) is 0 Å². The Bertz CT molecular complexity index is 310. The fourth-order valence-corrected chi connectivity index (χ4v) is 0.794. The molecule has 0 unspecified atom stereocenters. The number of hydrogen-bond donors (Lipinski definition) is 2. The molecule has 0 radical (unpaired) electrons. The van der Waals surface area contributed by atoms with Crippen LogP contribution in [0.4, 0.5) is 0 Å². The lowest BCUT2D eigenvalue weighted by atomic mass is 10.3. The van der Waals surface area contributed by atoms with Gasteiger partial charge in [0.2, 0.25) is 11.8 Å². The SMILES string of the molecule is CCS(=O)(=O)ONC(=O)CCC(N)=O. The minimum atomic E-state index is -3.70. The van der Waals surface area contributed by atoms with Crippen LogP contribution in [0.5, 0.6) is 0 Å². The van der Waals surface area contributed by atoms with Crippen LogP contribution in [0, 0.1) is 0 Å². The van der Waals surface area contributed by atoms with E-state index >= 15 is 0 Å². The second kappa shape index (κ2) is 5.55. The summed E-state index contributed by atoms with van der Waals surface area (Å²) in [7, 11) is -3.70. The molecule has 3 N–H and O–H groups in total. The third-order valence-electron chi connectivity index (χ3n) is 1.23. The van der Waals surface area contributed by atoms with Gasteiger partial charge in [0, 0.05) is 12.8 Å². The van der Waals surface area contributed by atoms with E-state index in [1.807, 2.05) is 0 Å². The molecular formula is C6H12N2O5S. The van der Waals surface area contributed by atoms with E-state index < -0.39 is 21.9 Å². The van der Waals surface area contributed by atoms with Crippen LogP contribution in [-0.2, 0) is 24.0 Å². The Hall–Kier alpha value is -1.15. The van der Waals surface area contributed by atoms with Gasteiger partial charge in [0.1, 0.15) is 0 Å². The smallest absolute Gasteiger partial charge is 0.287 e. The molecule has 0 rings (SSSR count). The van der Waals surface area contributed by atoms with Crippen LogP contribution in [0.2, 0.25) is 0 Å². The number of hydrogen-bond acceptors (Lipinski definition) is 5. The lowest BCUT2D eigenvalue weighted by Gasteiger charge is -2.03. The van der Waals surface area contributed by atoms with Crippen molar-refractivity contribution in [3.8, 4) is 0 Å². The molecule has 14 heavy (non-hydrogen) atoms. The van der Waals surface area contributed by atoms with Crippen molar-refractivity contribution in [2.24, 2.45) is 5.73 Å². The maximum absolute atomic E-state index is 10.8. The van der Waals surface area contributed by atoms with Crippen molar-refractivity contribution in [1.29, 1.82) is 0 Å². The standard InChI is InChI=1S/C6H12N2O5S/c1-2-14(11,12)13-8-6(10)4-3-5(7)9/h2-4H2,1H3,(H2,7,9)(H,8,10). The van der Waals surface area contributed by atoms with Gasteiger partial charge in [-0.1, -0.05) is 0 Å². The maximum Gasteiger partial charge on any atom is 0.287 e. The van der Waals surface area contributed by atoms with Gasteiger partial charge in [0.15, 0.2) is 0 Å². The quantitative estimate of drug-likeness (QED) is 0.541. The first-order chi connectivity index (χ1) is 6.37. The number of carbonyl (C=O) groups is 2. The van der Waals surface area contributed by atoms with Crippen molar-refractivity contribution in [3.63, 3.8) is 0 Å². The van der Waals surface area contributed by atoms with Gasteiger partial charge in [-0.15, -0.1) is 4.28 Å². The van der Waals surface area contributed by atoms with Crippen LogP contribution in [0.25, 0.3) is 0 Å². The Kier molecular flexibility index (Phi) is 5.10. The summed E-state index contributed by atoms with van der Waals surface area (Å²) in [5.41, 5.74) is 6.47. The number of amides is 2. The zero-order valence-corrected chi connectivity index (χ0v) is 8.46. The monoisotopic (exact) mass is 224 g/mol. The first-order valence-electron chi connectivity index (χ1n) is 3.85. The maximum atomic E-state index is 10.8. The normalized spacial score (nSPS) is 10.9. The van der Waals surface area contributed by atoms with Crippen LogP contribution in [0.1, 0.15) is 19.8 Å². The molecule has 0 aliphatic heterocycles. The van der Waals surface area contributed by atoms with Gasteiger partial charge in [-0.25, -0.2) is 5.48 Å². The number of rotatable bonds is 6. The van der Waals surface area contributed by atoms with Gasteiger partial charge < -0.3 is 5.73 Å². The summed E-state index contributed by atoms with van der Waals surface area (Å²) in [4.78, 5) is 21.0. The average molecular weight is 224 g/mol. The molecule has 8 heteroatoms. The number of hydroxylamine groups is 1. The lowest BCUT2D eigenvalue weighted by molar-refractivity contribution is -0.129. The van der Waals surface area contributed by atoms with E-state index in [2.05, 4.69) is 4.28 Å². The van der Waals surface area contributed by atoms with Crippen LogP contribution in [-0.4, -0.2) is 26.0 Å². The summed E-state index contributed by atoms with van der Waals surface area (Å²) in [5, 5.41) is 0. The number of carbonyl (C=O) groups excluding carboxylic acids is 2. The van der Waals surface area contributed by atoms with E-state index in [1.54, 1.807) is 5.48 Å². The predicted molar refractivity (Wildman–Crippen MR) is 47.1 cm³/mol. The summed E-state index contributed by atoms with van der Waals surface area (Å²) in [6, 6.07) is 0. The third-order valence-corrected chi connectivity index (χ3v) is 2.28. The molecule has 2 amide bonds. The highest BCUT2D eigenvalue weighted by molar-refractivity contribution is 7.86. The van der Waals surface area contributed by atoms with Crippen molar-refractivity contribution in [3.05, 3.63) is 0 Å². The molecule has 0 spiro atoms. The molecule has 0 aromatic heterocycles. The Morgan fingerprint density at radius 3 is 2.36 bits per heavy atom. The van der Waals surface area contributed by atoms with E-state index in [0.717, 1.165) is 0 Å². The van der Waals surface area contributed by atoms with Crippen molar-refractivity contribution in [2.75, 3.05) is 5.75 Å². The van der Waals surface area contributed by atoms with Crippen molar-refractivity contribution >= 4 is 21.9 Å². The molecule has 0 aliphatic carbocycles. The van der Waals surface area contributed by atoms with Crippen LogP contribution < -0.4 is 11.2 Å². The fraction of sp³-hybridized carbons (Fsp3) is 0.667. The lowest BCUT2D eigenvalue weighted by Crippen LogP contribution is -2.28. The molecule has 0 aliphatic rings. The van der Waals surface area contributed by atoms with Crippen LogP contribution >= 0.6 is 0 Å². The number of nitrogens with one attached hydrogen (secondary N) is 1. The predicted octanol–water partition coefficient (Wildman–Crippen LogP) is -1.35.